The molecule has 0 amide bonds. The minimum absolute atomic E-state index is 0.117. The molecule has 0 saturated carbocycles. The predicted molar refractivity (Wildman–Crippen MR) is 132 cm³/mol. The molecule has 0 aliphatic rings. The lowest BCUT2D eigenvalue weighted by atomic mass is 10.0. The second-order valence-corrected chi connectivity index (χ2v) is 8.65. The Morgan fingerprint density at radius 1 is 1.15 bits per heavy atom. The predicted octanol–water partition coefficient (Wildman–Crippen LogP) is 6.71. The lowest BCUT2D eigenvalue weighted by Crippen LogP contribution is -2.16. The molecule has 4 rings (SSSR count). The number of ether oxygens (including phenoxy) is 2. The molecule has 0 fully saturated rings. The Bertz CT molecular complexity index is 1300. The number of aryl methyl sites for hydroxylation is 2. The third kappa shape index (κ3) is 5.69. The molecule has 0 unspecified atom stereocenters. The van der Waals surface area contributed by atoms with Crippen molar-refractivity contribution in [2.45, 2.75) is 39.2 Å². The average molecular weight is 480 g/mol. The first-order valence-electron chi connectivity index (χ1n) is 11.2. The first-order valence-corrected chi connectivity index (χ1v) is 11.5. The van der Waals surface area contributed by atoms with Crippen molar-refractivity contribution in [3.05, 3.63) is 76.8 Å². The van der Waals surface area contributed by atoms with E-state index in [0.29, 0.717) is 41.5 Å². The number of carbonyl (C=O) groups is 1. The lowest BCUT2D eigenvalue weighted by molar-refractivity contribution is -0.136. The molecule has 1 aromatic heterocycles. The van der Waals surface area contributed by atoms with Crippen LogP contribution < -0.4 is 9.47 Å². The van der Waals surface area contributed by atoms with Gasteiger partial charge in [-0.25, -0.2) is 0 Å². The van der Waals surface area contributed by atoms with Crippen LogP contribution in [0, 0.1) is 6.92 Å². The van der Waals surface area contributed by atoms with Gasteiger partial charge in [0, 0.05) is 28.8 Å². The molecule has 1 heterocycles. The van der Waals surface area contributed by atoms with Crippen molar-refractivity contribution in [3.8, 4) is 22.8 Å². The molecule has 7 heteroatoms. The number of carboxylic acids is 1. The number of para-hydroxylation sites is 1. The van der Waals surface area contributed by atoms with Crippen LogP contribution in [-0.2, 0) is 11.2 Å². The Morgan fingerprint density at radius 3 is 2.76 bits per heavy atom. The van der Waals surface area contributed by atoms with E-state index in [1.54, 1.807) is 6.07 Å². The van der Waals surface area contributed by atoms with Crippen molar-refractivity contribution in [3.63, 3.8) is 0 Å². The molecule has 34 heavy (non-hydrogen) atoms. The van der Waals surface area contributed by atoms with Crippen molar-refractivity contribution >= 4 is 28.5 Å². The Kier molecular flexibility index (Phi) is 7.38. The van der Waals surface area contributed by atoms with Crippen molar-refractivity contribution in [1.29, 1.82) is 0 Å². The highest BCUT2D eigenvalue weighted by atomic mass is 35.5. The van der Waals surface area contributed by atoms with Crippen molar-refractivity contribution in [1.82, 2.24) is 5.16 Å². The summed E-state index contributed by atoms with van der Waals surface area (Å²) in [5.41, 5.74) is 4.21. The van der Waals surface area contributed by atoms with Crippen LogP contribution in [0.2, 0.25) is 5.02 Å². The van der Waals surface area contributed by atoms with Gasteiger partial charge in [-0.05, 0) is 73.9 Å². The Labute approximate surface area is 203 Å². The highest BCUT2D eigenvalue weighted by Gasteiger charge is 2.17. The van der Waals surface area contributed by atoms with Crippen LogP contribution in [0.1, 0.15) is 30.9 Å². The summed E-state index contributed by atoms with van der Waals surface area (Å²) in [7, 11) is 0. The van der Waals surface area contributed by atoms with E-state index in [4.69, 9.17) is 30.7 Å². The zero-order valence-electron chi connectivity index (χ0n) is 19.1. The first kappa shape index (κ1) is 23.6. The second kappa shape index (κ2) is 10.6. The van der Waals surface area contributed by atoms with E-state index >= 15 is 0 Å². The summed E-state index contributed by atoms with van der Waals surface area (Å²) in [6.45, 7) is 4.43. The molecule has 6 nitrogen and oxygen atoms in total. The Hall–Kier alpha value is -3.51. The number of halogens is 1. The number of hydrogen-bond donors (Lipinski definition) is 1. The van der Waals surface area contributed by atoms with Crippen LogP contribution in [0.15, 0.2) is 65.2 Å². The summed E-state index contributed by atoms with van der Waals surface area (Å²) in [4.78, 5) is 10.8. The quantitative estimate of drug-likeness (QED) is 0.272. The molecule has 0 saturated heterocycles. The number of aromatic nitrogens is 1. The van der Waals surface area contributed by atoms with Gasteiger partial charge in [-0.3, -0.25) is 4.79 Å². The van der Waals surface area contributed by atoms with Gasteiger partial charge >= 0.3 is 5.97 Å². The number of fused-ring (bicyclic) bond motifs is 1. The van der Waals surface area contributed by atoms with E-state index in [-0.39, 0.29) is 12.5 Å². The number of rotatable bonds is 10. The maximum atomic E-state index is 10.8. The maximum absolute atomic E-state index is 10.8. The molecule has 0 bridgehead atoms. The van der Waals surface area contributed by atoms with Crippen LogP contribution in [-0.4, -0.2) is 28.9 Å². The number of nitrogens with zero attached hydrogens (tertiary/aromatic N) is 1. The van der Waals surface area contributed by atoms with Gasteiger partial charge in [0.05, 0.1) is 12.7 Å². The third-order valence-electron chi connectivity index (χ3n) is 5.62. The summed E-state index contributed by atoms with van der Waals surface area (Å²) in [5.74, 6) is 0.633. The highest BCUT2D eigenvalue weighted by molar-refractivity contribution is 6.31. The summed E-state index contributed by atoms with van der Waals surface area (Å²) < 4.78 is 17.6. The molecule has 3 aromatic carbocycles. The molecule has 1 atom stereocenters. The van der Waals surface area contributed by atoms with E-state index in [1.165, 1.54) is 0 Å². The van der Waals surface area contributed by atoms with Crippen LogP contribution in [0.4, 0.5) is 0 Å². The summed E-state index contributed by atoms with van der Waals surface area (Å²) >= 11 is 6.27. The standard InChI is InChI=1S/C27H26ClNO5/c1-17-15-21(10-7-19(17)8-12-26(30)31)32-14-13-18(2)33-24-11-9-20(28)16-23(24)27-22-5-3-4-6-25(22)34-29-27/h3-7,9-11,15-16,18H,8,12-14H2,1-2H3,(H,30,31)/t18-/m1/s1. The van der Waals surface area contributed by atoms with Gasteiger partial charge in [0.1, 0.15) is 17.2 Å². The largest absolute Gasteiger partial charge is 0.493 e. The van der Waals surface area contributed by atoms with Crippen LogP contribution >= 0.6 is 11.6 Å². The Morgan fingerprint density at radius 2 is 1.97 bits per heavy atom. The topological polar surface area (TPSA) is 81.8 Å². The van der Waals surface area contributed by atoms with Gasteiger partial charge in [0.15, 0.2) is 5.58 Å². The van der Waals surface area contributed by atoms with Gasteiger partial charge in [-0.2, -0.15) is 0 Å². The molecular weight excluding hydrogens is 454 g/mol. The van der Waals surface area contributed by atoms with Crippen molar-refractivity contribution in [2.24, 2.45) is 0 Å². The number of benzene rings is 3. The van der Waals surface area contributed by atoms with Gasteiger partial charge in [0.2, 0.25) is 0 Å². The fourth-order valence-electron chi connectivity index (χ4n) is 3.77. The normalized spacial score (nSPS) is 12.0. The van der Waals surface area contributed by atoms with Crippen molar-refractivity contribution < 1.29 is 23.9 Å². The van der Waals surface area contributed by atoms with E-state index < -0.39 is 5.97 Å². The van der Waals surface area contributed by atoms with Crippen LogP contribution in [0.25, 0.3) is 22.2 Å². The minimum atomic E-state index is -0.797. The molecule has 0 spiro atoms. The zero-order valence-corrected chi connectivity index (χ0v) is 19.8. The van der Waals surface area contributed by atoms with Gasteiger partial charge < -0.3 is 19.1 Å². The summed E-state index contributed by atoms with van der Waals surface area (Å²) in [5, 5.41) is 14.6. The first-order chi connectivity index (χ1) is 16.4. The Balaban J connectivity index is 1.39. The minimum Gasteiger partial charge on any atom is -0.493 e. The molecule has 1 N–H and O–H groups in total. The number of hydrogen-bond acceptors (Lipinski definition) is 5. The molecule has 0 radical (unpaired) electrons. The number of aliphatic carboxylic acids is 1. The molecule has 176 valence electrons. The molecule has 0 aliphatic heterocycles. The van der Waals surface area contributed by atoms with E-state index in [9.17, 15) is 4.79 Å². The molecular formula is C27H26ClNO5. The monoisotopic (exact) mass is 479 g/mol. The SMILES string of the molecule is Cc1cc(OCC[C@@H](C)Oc2ccc(Cl)cc2-c2noc3ccccc23)ccc1CCC(=O)O. The van der Waals surface area contributed by atoms with Crippen LogP contribution in [0.5, 0.6) is 11.5 Å². The molecule has 0 aliphatic carbocycles. The molecule has 4 aromatic rings. The number of carboxylic acid groups (broad SMARTS) is 1. The zero-order chi connectivity index (χ0) is 24.1. The second-order valence-electron chi connectivity index (χ2n) is 8.22. The smallest absolute Gasteiger partial charge is 0.303 e. The van der Waals surface area contributed by atoms with Gasteiger partial charge in [-0.15, -0.1) is 0 Å². The van der Waals surface area contributed by atoms with Crippen LogP contribution in [0.3, 0.4) is 0 Å². The summed E-state index contributed by atoms with van der Waals surface area (Å²) in [6.07, 6.45) is 1.18. The fraction of sp³-hybridized carbons (Fsp3) is 0.259. The fourth-order valence-corrected chi connectivity index (χ4v) is 3.94. The van der Waals surface area contributed by atoms with E-state index in [2.05, 4.69) is 5.16 Å². The third-order valence-corrected chi connectivity index (χ3v) is 5.85. The highest BCUT2D eigenvalue weighted by Crippen LogP contribution is 2.36. The van der Waals surface area contributed by atoms with E-state index in [1.807, 2.05) is 68.4 Å². The van der Waals surface area contributed by atoms with E-state index in [0.717, 1.165) is 27.8 Å². The van der Waals surface area contributed by atoms with Gasteiger partial charge in [-0.1, -0.05) is 35.0 Å². The summed E-state index contributed by atoms with van der Waals surface area (Å²) in [6, 6.07) is 18.9. The maximum Gasteiger partial charge on any atom is 0.303 e. The average Bonchev–Trinajstić information content (AvgIpc) is 3.23. The van der Waals surface area contributed by atoms with Gasteiger partial charge in [0.25, 0.3) is 0 Å². The van der Waals surface area contributed by atoms with Crippen molar-refractivity contribution in [2.75, 3.05) is 6.61 Å². The lowest BCUT2D eigenvalue weighted by Gasteiger charge is -2.18.